The fourth-order valence-corrected chi connectivity index (χ4v) is 9.58. The van der Waals surface area contributed by atoms with E-state index in [1.165, 1.54) is 11.3 Å². The van der Waals surface area contributed by atoms with Crippen molar-refractivity contribution in [3.05, 3.63) is 107 Å². The fourth-order valence-electron chi connectivity index (χ4n) is 8.15. The van der Waals surface area contributed by atoms with Crippen molar-refractivity contribution < 1.29 is 19.1 Å². The molecule has 3 amide bonds. The van der Waals surface area contributed by atoms with Crippen LogP contribution in [0.1, 0.15) is 74.6 Å². The number of aromatic nitrogens is 8. The lowest BCUT2D eigenvalue weighted by molar-refractivity contribution is 0.0206. The normalized spacial score (nSPS) is 15.8. The minimum absolute atomic E-state index is 0. The maximum Gasteiger partial charge on any atom is 0.410 e. The number of carbonyl (C=O) groups excluding carboxylic acids is 3. The third-order valence-corrected chi connectivity index (χ3v) is 12.7. The molecule has 10 rings (SSSR count). The van der Waals surface area contributed by atoms with Crippen molar-refractivity contribution in [1.82, 2.24) is 48.9 Å². The molecule has 8 aromatic rings. The number of benzene rings is 2. The highest BCUT2D eigenvalue weighted by molar-refractivity contribution is 7.15. The van der Waals surface area contributed by atoms with E-state index in [0.717, 1.165) is 82.6 Å². The summed E-state index contributed by atoms with van der Waals surface area (Å²) in [5.74, 6) is 0.110. The molecule has 18 nitrogen and oxygen atoms in total. The van der Waals surface area contributed by atoms with Crippen LogP contribution in [0, 0.1) is 0 Å². The number of imidazole rings is 2. The molecule has 0 radical (unpaired) electrons. The van der Waals surface area contributed by atoms with Crippen LogP contribution < -0.4 is 27.4 Å². The standard InChI is InChI=1S/C26H29N7O3S.C21H21N7OS.CH4.ClH/c1-26(2,3)36-25(35)32-11-5-8-18(15-32)29-23-28-10-9-19(30-23)21-20(31-24-33(21)12-13-37-24)16-6-4-7-17(14-16)22(27)34;22-19(29)14-4-1-3-13(11-14)17-18(28-9-10-30-21(28)27-17)16-6-8-24-20(26-16)25-15-5-2-7-23-12-15;;/h4,6-7,9-10,12-14,18H,5,8,11,15H2,1-3H3,(H2,27,34)(H,28,29,30);1,3-4,6,8-11,15,23H,2,5,7,12H2,(H2,22,29)(H,24,25,26);1H4;1H/t18-;15-;;/m11../s1. The van der Waals surface area contributed by atoms with E-state index in [4.69, 9.17) is 36.1 Å². The largest absolute Gasteiger partial charge is 0.444 e. The number of carbonyl (C=O) groups is 3. The Kier molecular flexibility index (Phi) is 15.6. The maximum atomic E-state index is 12.6. The summed E-state index contributed by atoms with van der Waals surface area (Å²) < 4.78 is 9.54. The Morgan fingerprint density at radius 1 is 0.739 bits per heavy atom. The zero-order valence-electron chi connectivity index (χ0n) is 37.6. The molecule has 2 fully saturated rings. The summed E-state index contributed by atoms with van der Waals surface area (Å²) in [7, 11) is 0. The number of nitrogens with one attached hydrogen (secondary N) is 3. The number of anilines is 2. The Hall–Kier alpha value is -7.00. The second kappa shape index (κ2) is 21.5. The van der Waals surface area contributed by atoms with Gasteiger partial charge in [-0.1, -0.05) is 31.7 Å². The monoisotopic (exact) mass is 990 g/mol. The van der Waals surface area contributed by atoms with Crippen LogP contribution in [0.15, 0.2) is 96.2 Å². The Labute approximate surface area is 413 Å². The van der Waals surface area contributed by atoms with Crippen molar-refractivity contribution in [3.63, 3.8) is 0 Å². The molecular weight excluding hydrogens is 936 g/mol. The number of rotatable bonds is 10. The topological polar surface area (TPSA) is 238 Å². The van der Waals surface area contributed by atoms with E-state index in [1.54, 1.807) is 59.0 Å². The van der Waals surface area contributed by atoms with Gasteiger partial charge < -0.3 is 37.1 Å². The van der Waals surface area contributed by atoms with Gasteiger partial charge in [0.05, 0.1) is 22.8 Å². The lowest BCUT2D eigenvalue weighted by atomic mass is 10.0. The smallest absolute Gasteiger partial charge is 0.410 e. The first-order valence-electron chi connectivity index (χ1n) is 22.0. The minimum atomic E-state index is -0.540. The number of nitrogens with two attached hydrogens (primary N) is 2. The number of nitrogens with zero attached hydrogens (tertiary/aromatic N) is 9. The Morgan fingerprint density at radius 2 is 1.26 bits per heavy atom. The highest BCUT2D eigenvalue weighted by Crippen LogP contribution is 2.36. The Bertz CT molecular complexity index is 3080. The van der Waals surface area contributed by atoms with Gasteiger partial charge >= 0.3 is 6.09 Å². The molecule has 0 bridgehead atoms. The highest BCUT2D eigenvalue weighted by atomic mass is 35.5. The molecule has 6 aromatic heterocycles. The zero-order valence-corrected chi connectivity index (χ0v) is 40.0. The van der Waals surface area contributed by atoms with Gasteiger partial charge in [-0.05, 0) is 89.4 Å². The number of likely N-dealkylation sites (tertiary alicyclic amines) is 1. The van der Waals surface area contributed by atoms with Gasteiger partial charge in [0.2, 0.25) is 23.7 Å². The van der Waals surface area contributed by atoms with Crippen molar-refractivity contribution >= 4 is 74.8 Å². The van der Waals surface area contributed by atoms with Gasteiger partial charge in [-0.15, -0.1) is 35.1 Å². The molecule has 0 unspecified atom stereocenters. The molecule has 2 aliphatic heterocycles. The summed E-state index contributed by atoms with van der Waals surface area (Å²) in [5.41, 5.74) is 17.5. The molecule has 0 saturated carbocycles. The number of hydrogen-bond donors (Lipinski definition) is 5. The summed E-state index contributed by atoms with van der Waals surface area (Å²) in [4.78, 5) is 67.4. The predicted molar refractivity (Wildman–Crippen MR) is 274 cm³/mol. The van der Waals surface area contributed by atoms with Gasteiger partial charge in [0.25, 0.3) is 0 Å². The third kappa shape index (κ3) is 11.5. The number of thiazole rings is 2. The lowest BCUT2D eigenvalue weighted by Crippen LogP contribution is -2.47. The van der Waals surface area contributed by atoms with E-state index < -0.39 is 17.4 Å². The van der Waals surface area contributed by atoms with Crippen molar-refractivity contribution in [1.29, 1.82) is 0 Å². The number of fused-ring (bicyclic) bond motifs is 2. The van der Waals surface area contributed by atoms with Crippen LogP contribution in [-0.4, -0.2) is 105 Å². The molecule has 2 aromatic carbocycles. The number of amides is 3. The molecule has 69 heavy (non-hydrogen) atoms. The minimum Gasteiger partial charge on any atom is -0.444 e. The van der Waals surface area contributed by atoms with Crippen LogP contribution in [0.5, 0.6) is 0 Å². The van der Waals surface area contributed by atoms with Gasteiger partial charge in [-0.25, -0.2) is 34.7 Å². The van der Waals surface area contributed by atoms with Crippen molar-refractivity contribution in [3.8, 4) is 45.3 Å². The Balaban J connectivity index is 0.000000202. The van der Waals surface area contributed by atoms with E-state index >= 15 is 0 Å². The van der Waals surface area contributed by atoms with Gasteiger partial charge in [-0.2, -0.15) is 0 Å². The second-order valence-electron chi connectivity index (χ2n) is 17.2. The van der Waals surface area contributed by atoms with Crippen molar-refractivity contribution in [2.24, 2.45) is 11.5 Å². The van der Waals surface area contributed by atoms with Crippen molar-refractivity contribution in [2.75, 3.05) is 36.8 Å². The SMILES string of the molecule is C.CC(C)(C)OC(=O)N1CCC[C@@H](Nc2nccc(-c3c(-c4cccc(C(N)=O)c4)nc4sccn34)n2)C1.Cl.NC(=O)c1cccc(-c2nc3sccn3c2-c2ccnc(N[C@@H]3CCCNC3)n2)c1. The molecule has 2 saturated heterocycles. The van der Waals surface area contributed by atoms with E-state index in [0.29, 0.717) is 53.5 Å². The van der Waals surface area contributed by atoms with Gasteiger partial charge in [0.1, 0.15) is 17.0 Å². The number of primary amides is 2. The molecule has 2 aliphatic rings. The highest BCUT2D eigenvalue weighted by Gasteiger charge is 2.29. The summed E-state index contributed by atoms with van der Waals surface area (Å²) in [6.07, 6.45) is 11.0. The molecule has 360 valence electrons. The Morgan fingerprint density at radius 3 is 1.75 bits per heavy atom. The molecule has 2 atom stereocenters. The lowest BCUT2D eigenvalue weighted by Gasteiger charge is -2.34. The quantitative estimate of drug-likeness (QED) is 0.0868. The number of hydrogen-bond acceptors (Lipinski definition) is 15. The van der Waals surface area contributed by atoms with E-state index in [1.807, 2.05) is 83.1 Å². The van der Waals surface area contributed by atoms with Crippen LogP contribution in [0.2, 0.25) is 0 Å². The van der Waals surface area contributed by atoms with E-state index in [-0.39, 0.29) is 32.0 Å². The number of halogens is 1. The average Bonchev–Trinajstić information content (AvgIpc) is 4.12. The summed E-state index contributed by atoms with van der Waals surface area (Å²) in [6.45, 7) is 8.72. The van der Waals surface area contributed by atoms with Crippen LogP contribution in [0.4, 0.5) is 16.7 Å². The predicted octanol–water partition coefficient (Wildman–Crippen LogP) is 8.27. The van der Waals surface area contributed by atoms with Gasteiger partial charge in [-0.3, -0.25) is 18.4 Å². The molecule has 7 N–H and O–H groups in total. The summed E-state index contributed by atoms with van der Waals surface area (Å²) in [6, 6.07) is 18.4. The summed E-state index contributed by atoms with van der Waals surface area (Å²) >= 11 is 3.06. The number of piperidine rings is 2. The molecule has 8 heterocycles. The number of ether oxygens (including phenoxy) is 1. The van der Waals surface area contributed by atoms with Crippen LogP contribution >= 0.6 is 35.1 Å². The fraction of sp³-hybridized carbons (Fsp3) is 0.312. The van der Waals surface area contributed by atoms with Gasteiger partial charge in [0.15, 0.2) is 9.92 Å². The van der Waals surface area contributed by atoms with Crippen molar-refractivity contribution in [2.45, 2.75) is 71.6 Å². The van der Waals surface area contributed by atoms with E-state index in [2.05, 4.69) is 25.9 Å². The average molecular weight is 992 g/mol. The maximum absolute atomic E-state index is 12.6. The zero-order chi connectivity index (χ0) is 46.7. The van der Waals surface area contributed by atoms with Crippen LogP contribution in [-0.2, 0) is 4.74 Å². The first-order valence-corrected chi connectivity index (χ1v) is 23.7. The first kappa shape index (κ1) is 49.9. The molecule has 0 aliphatic carbocycles. The second-order valence-corrected chi connectivity index (χ2v) is 19.0. The first-order chi connectivity index (χ1) is 32.4. The third-order valence-electron chi connectivity index (χ3n) is 11.2. The summed E-state index contributed by atoms with van der Waals surface area (Å²) in [5, 5.41) is 14.2. The molecule has 21 heteroatoms. The van der Waals surface area contributed by atoms with E-state index in [9.17, 15) is 14.4 Å². The molecular formula is C48H55ClN14O4S2. The molecule has 0 spiro atoms. The van der Waals surface area contributed by atoms with Gasteiger partial charge in [0, 0.05) is 89.5 Å². The van der Waals surface area contributed by atoms with Crippen LogP contribution in [0.25, 0.3) is 55.2 Å². The van der Waals surface area contributed by atoms with Crippen LogP contribution in [0.3, 0.4) is 0 Å².